The van der Waals surface area contributed by atoms with E-state index < -0.39 is 35.0 Å². The number of aliphatic hydroxyl groups excluding tert-OH is 1. The van der Waals surface area contributed by atoms with Gasteiger partial charge in [0.1, 0.15) is 5.60 Å². The van der Waals surface area contributed by atoms with Gasteiger partial charge in [-0.1, -0.05) is 13.8 Å². The van der Waals surface area contributed by atoms with E-state index in [-0.39, 0.29) is 12.3 Å². The van der Waals surface area contributed by atoms with Crippen molar-refractivity contribution in [1.82, 2.24) is 0 Å². The van der Waals surface area contributed by atoms with Crippen molar-refractivity contribution < 1.29 is 19.4 Å². The van der Waals surface area contributed by atoms with E-state index in [9.17, 15) is 14.7 Å². The number of carbonyl (C=O) groups excluding carboxylic acids is 2. The van der Waals surface area contributed by atoms with E-state index in [0.717, 1.165) is 0 Å². The third kappa shape index (κ3) is 5.09. The van der Waals surface area contributed by atoms with E-state index in [0.29, 0.717) is 0 Å². The Kier molecular flexibility index (Phi) is 6.17. The second-order valence-electron chi connectivity index (χ2n) is 6.65. The standard InChI is InChI=1S/C14H28N2O4/c1-8(2)14(16,12(15)19)7-10(17)9(3)11(18)20-13(4,5)6/h8-10,17H,7,16H2,1-6H3,(H2,15,19)/t9-,10+,14-/m0/s1. The van der Waals surface area contributed by atoms with Gasteiger partial charge in [0, 0.05) is 6.42 Å². The number of carbonyl (C=O) groups is 2. The van der Waals surface area contributed by atoms with Gasteiger partial charge in [-0.2, -0.15) is 0 Å². The molecule has 0 aromatic heterocycles. The Balaban J connectivity index is 4.87. The predicted octanol–water partition coefficient (Wildman–Crippen LogP) is 0.554. The third-order valence-electron chi connectivity index (χ3n) is 3.39. The van der Waals surface area contributed by atoms with Crippen molar-refractivity contribution in [3.8, 4) is 0 Å². The van der Waals surface area contributed by atoms with Crippen LogP contribution >= 0.6 is 0 Å². The van der Waals surface area contributed by atoms with Gasteiger partial charge in [-0.3, -0.25) is 9.59 Å². The first-order valence-corrected chi connectivity index (χ1v) is 6.81. The molecule has 0 aliphatic heterocycles. The Morgan fingerprint density at radius 3 is 1.95 bits per heavy atom. The van der Waals surface area contributed by atoms with Crippen LogP contribution in [0.4, 0.5) is 0 Å². The van der Waals surface area contributed by atoms with E-state index in [2.05, 4.69) is 0 Å². The molecule has 0 aliphatic carbocycles. The average molecular weight is 288 g/mol. The molecule has 0 fully saturated rings. The van der Waals surface area contributed by atoms with Gasteiger partial charge in [-0.15, -0.1) is 0 Å². The van der Waals surface area contributed by atoms with E-state index in [1.165, 1.54) is 0 Å². The molecule has 0 saturated heterocycles. The molecule has 0 spiro atoms. The molecule has 0 unspecified atom stereocenters. The summed E-state index contributed by atoms with van der Waals surface area (Å²) in [6, 6.07) is 0. The molecule has 0 heterocycles. The van der Waals surface area contributed by atoms with Crippen LogP contribution in [0.1, 0.15) is 48.0 Å². The highest BCUT2D eigenvalue weighted by Crippen LogP contribution is 2.24. The normalized spacial score (nSPS) is 18.2. The fourth-order valence-corrected chi connectivity index (χ4v) is 1.70. The number of primary amides is 1. The van der Waals surface area contributed by atoms with Crippen molar-refractivity contribution in [1.29, 1.82) is 0 Å². The topological polar surface area (TPSA) is 116 Å². The Bertz CT molecular complexity index is 363. The predicted molar refractivity (Wildman–Crippen MR) is 76.6 cm³/mol. The highest BCUT2D eigenvalue weighted by atomic mass is 16.6. The summed E-state index contributed by atoms with van der Waals surface area (Å²) < 4.78 is 5.20. The van der Waals surface area contributed by atoms with Gasteiger partial charge in [0.05, 0.1) is 17.6 Å². The van der Waals surface area contributed by atoms with Crippen molar-refractivity contribution in [3.05, 3.63) is 0 Å². The number of nitrogens with two attached hydrogens (primary N) is 2. The molecule has 118 valence electrons. The van der Waals surface area contributed by atoms with E-state index in [1.54, 1.807) is 41.5 Å². The first kappa shape index (κ1) is 18.9. The summed E-state index contributed by atoms with van der Waals surface area (Å²) in [6.45, 7) is 10.3. The number of rotatable bonds is 6. The van der Waals surface area contributed by atoms with Crippen LogP contribution in [0.25, 0.3) is 0 Å². The maximum absolute atomic E-state index is 11.9. The van der Waals surface area contributed by atoms with Crippen molar-refractivity contribution in [2.75, 3.05) is 0 Å². The molecule has 6 nitrogen and oxygen atoms in total. The van der Waals surface area contributed by atoms with Gasteiger partial charge >= 0.3 is 5.97 Å². The molecule has 3 atom stereocenters. The molecule has 0 bridgehead atoms. The largest absolute Gasteiger partial charge is 0.460 e. The zero-order chi connectivity index (χ0) is 16.3. The molecular weight excluding hydrogens is 260 g/mol. The molecule has 6 heteroatoms. The maximum Gasteiger partial charge on any atom is 0.311 e. The fourth-order valence-electron chi connectivity index (χ4n) is 1.70. The Morgan fingerprint density at radius 2 is 1.65 bits per heavy atom. The van der Waals surface area contributed by atoms with Crippen LogP contribution in [0.5, 0.6) is 0 Å². The lowest BCUT2D eigenvalue weighted by Crippen LogP contribution is -2.58. The minimum absolute atomic E-state index is 0.0829. The van der Waals surface area contributed by atoms with Gasteiger partial charge in [0.25, 0.3) is 0 Å². The first-order valence-electron chi connectivity index (χ1n) is 6.81. The molecule has 0 aromatic rings. The van der Waals surface area contributed by atoms with Gasteiger partial charge in [0.2, 0.25) is 5.91 Å². The molecule has 0 saturated carbocycles. The van der Waals surface area contributed by atoms with Crippen LogP contribution in [-0.2, 0) is 14.3 Å². The van der Waals surface area contributed by atoms with Crippen LogP contribution in [0, 0.1) is 11.8 Å². The van der Waals surface area contributed by atoms with Crippen LogP contribution in [0.15, 0.2) is 0 Å². The number of hydrogen-bond acceptors (Lipinski definition) is 5. The van der Waals surface area contributed by atoms with E-state index >= 15 is 0 Å². The SMILES string of the molecule is CC(C)[C@@](N)(C[C@@H](O)[C@H](C)C(=O)OC(C)(C)C)C(N)=O. The van der Waals surface area contributed by atoms with Crippen molar-refractivity contribution in [2.45, 2.75) is 65.2 Å². The molecule has 0 aliphatic rings. The Hall–Kier alpha value is -1.14. The minimum Gasteiger partial charge on any atom is -0.460 e. The zero-order valence-corrected chi connectivity index (χ0v) is 13.3. The summed E-state index contributed by atoms with van der Waals surface area (Å²) in [6.07, 6.45) is -1.18. The van der Waals surface area contributed by atoms with Gasteiger partial charge in [-0.25, -0.2) is 0 Å². The molecular formula is C14H28N2O4. The van der Waals surface area contributed by atoms with Gasteiger partial charge in [-0.05, 0) is 33.6 Å². The first-order chi connectivity index (χ1) is 8.81. The van der Waals surface area contributed by atoms with Crippen LogP contribution in [0.3, 0.4) is 0 Å². The van der Waals surface area contributed by atoms with Crippen LogP contribution < -0.4 is 11.5 Å². The summed E-state index contributed by atoms with van der Waals surface area (Å²) in [5.41, 5.74) is 9.29. The van der Waals surface area contributed by atoms with E-state index in [1.807, 2.05) is 0 Å². The quantitative estimate of drug-likeness (QED) is 0.617. The number of ether oxygens (including phenoxy) is 1. The third-order valence-corrected chi connectivity index (χ3v) is 3.39. The molecule has 0 aromatic carbocycles. The Morgan fingerprint density at radius 1 is 1.20 bits per heavy atom. The monoisotopic (exact) mass is 288 g/mol. The highest BCUT2D eigenvalue weighted by molar-refractivity contribution is 5.85. The zero-order valence-electron chi connectivity index (χ0n) is 13.3. The maximum atomic E-state index is 11.9. The van der Waals surface area contributed by atoms with Gasteiger partial charge < -0.3 is 21.3 Å². The number of aliphatic hydroxyl groups is 1. The smallest absolute Gasteiger partial charge is 0.311 e. The summed E-state index contributed by atoms with van der Waals surface area (Å²) in [7, 11) is 0. The summed E-state index contributed by atoms with van der Waals surface area (Å²) in [5, 5.41) is 10.1. The van der Waals surface area contributed by atoms with Crippen molar-refractivity contribution >= 4 is 11.9 Å². The highest BCUT2D eigenvalue weighted by Gasteiger charge is 2.40. The van der Waals surface area contributed by atoms with E-state index in [4.69, 9.17) is 16.2 Å². The number of amides is 1. The summed E-state index contributed by atoms with van der Waals surface area (Å²) in [5.74, 6) is -2.25. The summed E-state index contributed by atoms with van der Waals surface area (Å²) >= 11 is 0. The Labute approximate surface area is 120 Å². The second-order valence-corrected chi connectivity index (χ2v) is 6.65. The lowest BCUT2D eigenvalue weighted by molar-refractivity contribution is -0.164. The van der Waals surface area contributed by atoms with Crippen LogP contribution in [-0.4, -0.2) is 34.2 Å². The fraction of sp³-hybridized carbons (Fsp3) is 0.857. The molecule has 20 heavy (non-hydrogen) atoms. The minimum atomic E-state index is -1.35. The lowest BCUT2D eigenvalue weighted by Gasteiger charge is -2.34. The summed E-state index contributed by atoms with van der Waals surface area (Å²) in [4.78, 5) is 23.4. The molecule has 0 rings (SSSR count). The molecule has 0 radical (unpaired) electrons. The number of esters is 1. The van der Waals surface area contributed by atoms with Crippen molar-refractivity contribution in [2.24, 2.45) is 23.3 Å². The lowest BCUT2D eigenvalue weighted by atomic mass is 9.79. The van der Waals surface area contributed by atoms with Crippen molar-refractivity contribution in [3.63, 3.8) is 0 Å². The van der Waals surface area contributed by atoms with Crippen LogP contribution in [0.2, 0.25) is 0 Å². The second kappa shape index (κ2) is 6.54. The molecule has 5 N–H and O–H groups in total. The number of hydrogen-bond donors (Lipinski definition) is 3. The average Bonchev–Trinajstić information content (AvgIpc) is 2.24. The van der Waals surface area contributed by atoms with Gasteiger partial charge in [0.15, 0.2) is 0 Å². The molecule has 1 amide bonds.